The molecule has 0 saturated carbocycles. The Morgan fingerprint density at radius 1 is 0.750 bits per heavy atom. The number of hydrogen-bond donors (Lipinski definition) is 2. The summed E-state index contributed by atoms with van der Waals surface area (Å²) in [6.45, 7) is 0. The highest BCUT2D eigenvalue weighted by atomic mass is 15.0. The lowest BCUT2D eigenvalue weighted by Gasteiger charge is -2.08. The third kappa shape index (κ3) is 2.15. The van der Waals surface area contributed by atoms with Crippen molar-refractivity contribution in [2.24, 2.45) is 0 Å². The van der Waals surface area contributed by atoms with Gasteiger partial charge in [0.15, 0.2) is 0 Å². The van der Waals surface area contributed by atoms with Crippen molar-refractivity contribution in [2.45, 2.75) is 0 Å². The van der Waals surface area contributed by atoms with Crippen molar-refractivity contribution in [3.8, 4) is 33.9 Å². The number of rotatable bonds is 1. The van der Waals surface area contributed by atoms with Gasteiger partial charge in [0.25, 0.3) is 0 Å². The van der Waals surface area contributed by atoms with Crippen LogP contribution in [-0.2, 0) is 0 Å². The van der Waals surface area contributed by atoms with Gasteiger partial charge in [-0.15, -0.1) is 0 Å². The number of aromatic nitrogens is 5. The van der Waals surface area contributed by atoms with E-state index in [1.54, 1.807) is 12.4 Å². The van der Waals surface area contributed by atoms with Crippen LogP contribution in [0.5, 0.6) is 0 Å². The SMILES string of the molecule is c1cnc2c(c1)-c1nc(-c3ccnc4ccccc34)[nH]c1-c1ccncc1N2. The van der Waals surface area contributed by atoms with E-state index in [9.17, 15) is 0 Å². The van der Waals surface area contributed by atoms with Gasteiger partial charge < -0.3 is 10.3 Å². The number of fused-ring (bicyclic) bond motifs is 6. The number of nitrogens with zero attached hydrogens (tertiary/aromatic N) is 4. The molecule has 0 bridgehead atoms. The quantitative estimate of drug-likeness (QED) is 0.439. The lowest BCUT2D eigenvalue weighted by molar-refractivity contribution is 1.26. The van der Waals surface area contributed by atoms with Crippen LogP contribution in [0.1, 0.15) is 0 Å². The van der Waals surface area contributed by atoms with Gasteiger partial charge in [0.05, 0.1) is 23.1 Å². The molecule has 132 valence electrons. The minimum absolute atomic E-state index is 0.771. The Morgan fingerprint density at radius 3 is 2.68 bits per heavy atom. The van der Waals surface area contributed by atoms with E-state index in [1.807, 2.05) is 54.9 Å². The van der Waals surface area contributed by atoms with Crippen LogP contribution in [0.4, 0.5) is 11.5 Å². The van der Waals surface area contributed by atoms with Crippen LogP contribution in [0.3, 0.4) is 0 Å². The predicted molar refractivity (Wildman–Crippen MR) is 109 cm³/mol. The van der Waals surface area contributed by atoms with Gasteiger partial charge in [-0.2, -0.15) is 0 Å². The lowest BCUT2D eigenvalue weighted by atomic mass is 10.1. The Morgan fingerprint density at radius 2 is 1.68 bits per heavy atom. The Hall–Kier alpha value is -4.06. The van der Waals surface area contributed by atoms with Gasteiger partial charge in [0, 0.05) is 40.7 Å². The molecule has 0 amide bonds. The first kappa shape index (κ1) is 15.0. The average molecular weight is 362 g/mol. The molecular weight excluding hydrogens is 348 g/mol. The van der Waals surface area contributed by atoms with Gasteiger partial charge in [-0.1, -0.05) is 18.2 Å². The molecule has 0 fully saturated rings. The van der Waals surface area contributed by atoms with Gasteiger partial charge in [0.2, 0.25) is 0 Å². The topological polar surface area (TPSA) is 79.4 Å². The Kier molecular flexibility index (Phi) is 3.07. The van der Waals surface area contributed by atoms with Crippen molar-refractivity contribution >= 4 is 22.4 Å². The molecule has 0 radical (unpaired) electrons. The third-order valence-electron chi connectivity index (χ3n) is 5.01. The first-order valence-corrected chi connectivity index (χ1v) is 8.99. The maximum atomic E-state index is 4.99. The summed E-state index contributed by atoms with van der Waals surface area (Å²) in [4.78, 5) is 21.8. The number of H-pyrrole nitrogens is 1. The molecule has 0 atom stereocenters. The fourth-order valence-electron chi connectivity index (χ4n) is 3.73. The highest BCUT2D eigenvalue weighted by Gasteiger charge is 2.24. The fraction of sp³-hybridized carbons (Fsp3) is 0. The molecule has 1 aromatic carbocycles. The zero-order valence-corrected chi connectivity index (χ0v) is 14.7. The number of imidazole rings is 1. The molecule has 2 N–H and O–H groups in total. The maximum absolute atomic E-state index is 4.99. The number of nitrogens with one attached hydrogen (secondary N) is 2. The van der Waals surface area contributed by atoms with Crippen LogP contribution >= 0.6 is 0 Å². The first-order chi connectivity index (χ1) is 13.9. The summed E-state index contributed by atoms with van der Waals surface area (Å²) in [6.07, 6.45) is 7.19. The van der Waals surface area contributed by atoms with Crippen LogP contribution in [0.15, 0.2) is 73.3 Å². The molecule has 6 heteroatoms. The normalized spacial score (nSPS) is 11.9. The zero-order chi connectivity index (χ0) is 18.5. The number of para-hydroxylation sites is 1. The minimum Gasteiger partial charge on any atom is -0.338 e. The zero-order valence-electron chi connectivity index (χ0n) is 14.7. The Bertz CT molecular complexity index is 1290. The average Bonchev–Trinajstić information content (AvgIpc) is 3.14. The Labute approximate surface area is 160 Å². The van der Waals surface area contributed by atoms with E-state index < -0.39 is 0 Å². The standard InChI is InChI=1S/C22H14N6/c1-2-6-17-13(4-1)14(8-11-24-17)22-27-19-15-7-10-23-12-18(15)26-21-16(20(19)28-22)5-3-9-25-21/h1-12H,(H,25,26)(H,27,28). The van der Waals surface area contributed by atoms with Crippen molar-refractivity contribution < 1.29 is 0 Å². The molecular formula is C22H14N6. The minimum atomic E-state index is 0.771. The van der Waals surface area contributed by atoms with Crippen molar-refractivity contribution in [1.82, 2.24) is 24.9 Å². The second-order valence-corrected chi connectivity index (χ2v) is 6.63. The fourth-order valence-corrected chi connectivity index (χ4v) is 3.73. The highest BCUT2D eigenvalue weighted by Crippen LogP contribution is 2.43. The van der Waals surface area contributed by atoms with Crippen molar-refractivity contribution in [2.75, 3.05) is 5.32 Å². The van der Waals surface area contributed by atoms with Gasteiger partial charge in [-0.25, -0.2) is 9.97 Å². The number of hydrogen-bond acceptors (Lipinski definition) is 5. The molecule has 6 rings (SSSR count). The Balaban J connectivity index is 1.67. The summed E-state index contributed by atoms with van der Waals surface area (Å²) in [7, 11) is 0. The predicted octanol–water partition coefficient (Wildman–Crippen LogP) is 4.81. The summed E-state index contributed by atoms with van der Waals surface area (Å²) in [5, 5.41) is 4.44. The van der Waals surface area contributed by atoms with E-state index in [2.05, 4.69) is 31.3 Å². The second-order valence-electron chi connectivity index (χ2n) is 6.63. The van der Waals surface area contributed by atoms with Crippen LogP contribution in [0, 0.1) is 0 Å². The van der Waals surface area contributed by atoms with Gasteiger partial charge in [0.1, 0.15) is 17.3 Å². The van der Waals surface area contributed by atoms with Crippen LogP contribution < -0.4 is 5.32 Å². The molecule has 4 aromatic heterocycles. The number of benzene rings is 1. The molecule has 1 aliphatic heterocycles. The molecule has 1 aliphatic rings. The molecule has 0 spiro atoms. The van der Waals surface area contributed by atoms with Crippen molar-refractivity contribution in [3.05, 3.63) is 73.3 Å². The lowest BCUT2D eigenvalue weighted by Crippen LogP contribution is -1.95. The highest BCUT2D eigenvalue weighted by molar-refractivity contribution is 5.98. The summed E-state index contributed by atoms with van der Waals surface area (Å²) in [5.74, 6) is 1.58. The summed E-state index contributed by atoms with van der Waals surface area (Å²) < 4.78 is 0. The molecule has 0 saturated heterocycles. The van der Waals surface area contributed by atoms with Gasteiger partial charge in [-0.05, 0) is 30.3 Å². The maximum Gasteiger partial charge on any atom is 0.139 e. The van der Waals surface area contributed by atoms with E-state index in [0.29, 0.717) is 0 Å². The largest absolute Gasteiger partial charge is 0.338 e. The molecule has 5 aromatic rings. The van der Waals surface area contributed by atoms with Gasteiger partial charge in [-0.3, -0.25) is 9.97 Å². The third-order valence-corrected chi connectivity index (χ3v) is 5.01. The van der Waals surface area contributed by atoms with Gasteiger partial charge >= 0.3 is 0 Å². The van der Waals surface area contributed by atoms with Crippen LogP contribution in [0.25, 0.3) is 44.8 Å². The molecule has 5 heterocycles. The summed E-state index contributed by atoms with van der Waals surface area (Å²) in [6, 6.07) is 16.0. The number of aromatic amines is 1. The number of anilines is 2. The van der Waals surface area contributed by atoms with E-state index in [4.69, 9.17) is 4.98 Å². The van der Waals surface area contributed by atoms with E-state index in [-0.39, 0.29) is 0 Å². The van der Waals surface area contributed by atoms with E-state index in [1.165, 1.54) is 0 Å². The second kappa shape index (κ2) is 5.72. The van der Waals surface area contributed by atoms with Crippen molar-refractivity contribution in [3.63, 3.8) is 0 Å². The van der Waals surface area contributed by atoms with E-state index in [0.717, 1.165) is 56.3 Å². The number of pyridine rings is 3. The molecule has 0 unspecified atom stereocenters. The molecule has 0 aliphatic carbocycles. The van der Waals surface area contributed by atoms with E-state index >= 15 is 0 Å². The molecule has 6 nitrogen and oxygen atoms in total. The summed E-state index contributed by atoms with van der Waals surface area (Å²) in [5.41, 5.74) is 6.65. The first-order valence-electron chi connectivity index (χ1n) is 8.99. The van der Waals surface area contributed by atoms with Crippen LogP contribution in [-0.4, -0.2) is 24.9 Å². The summed E-state index contributed by atoms with van der Waals surface area (Å²) >= 11 is 0. The smallest absolute Gasteiger partial charge is 0.139 e. The molecule has 28 heavy (non-hydrogen) atoms. The van der Waals surface area contributed by atoms with Crippen molar-refractivity contribution in [1.29, 1.82) is 0 Å². The monoisotopic (exact) mass is 362 g/mol. The van der Waals surface area contributed by atoms with Crippen LogP contribution in [0.2, 0.25) is 0 Å².